The number of aliphatic imine (C=N–C) groups is 1. The number of halogens is 1. The lowest BCUT2D eigenvalue weighted by Crippen LogP contribution is -2.49. The van der Waals surface area contributed by atoms with Gasteiger partial charge in [-0.05, 0) is 25.3 Å². The van der Waals surface area contributed by atoms with Crippen LogP contribution in [0, 0.1) is 0 Å². The molecule has 0 heterocycles. The van der Waals surface area contributed by atoms with Gasteiger partial charge < -0.3 is 15.4 Å². The summed E-state index contributed by atoms with van der Waals surface area (Å²) in [6.07, 6.45) is 3.81. The molecule has 0 aliphatic heterocycles. The highest BCUT2D eigenvalue weighted by Crippen LogP contribution is 2.43. The van der Waals surface area contributed by atoms with Gasteiger partial charge in [-0.15, -0.1) is 24.0 Å². The van der Waals surface area contributed by atoms with E-state index in [1.165, 1.54) is 24.8 Å². The van der Waals surface area contributed by atoms with E-state index in [2.05, 4.69) is 46.0 Å². The fourth-order valence-electron chi connectivity index (χ4n) is 2.82. The van der Waals surface area contributed by atoms with Crippen LogP contribution in [-0.4, -0.2) is 39.3 Å². The molecule has 1 aromatic carbocycles. The van der Waals surface area contributed by atoms with Crippen molar-refractivity contribution >= 4 is 29.9 Å². The van der Waals surface area contributed by atoms with Crippen LogP contribution in [0.2, 0.25) is 0 Å². The highest BCUT2D eigenvalue weighted by Gasteiger charge is 2.38. The summed E-state index contributed by atoms with van der Waals surface area (Å²) < 4.78 is 5.33. The van der Waals surface area contributed by atoms with Gasteiger partial charge in [-0.2, -0.15) is 0 Å². The fraction of sp³-hybridized carbons (Fsp3) is 0.588. The summed E-state index contributed by atoms with van der Waals surface area (Å²) in [5.41, 5.74) is 1.72. The predicted octanol–water partition coefficient (Wildman–Crippen LogP) is 2.93. The predicted molar refractivity (Wildman–Crippen MR) is 103 cm³/mol. The van der Waals surface area contributed by atoms with Crippen molar-refractivity contribution in [3.05, 3.63) is 35.9 Å². The lowest BCUT2D eigenvalue weighted by Gasteiger charge is -2.43. The van der Waals surface area contributed by atoms with Crippen molar-refractivity contribution in [3.63, 3.8) is 0 Å². The molecule has 1 fully saturated rings. The first kappa shape index (κ1) is 19.2. The van der Waals surface area contributed by atoms with Crippen molar-refractivity contribution in [2.75, 3.05) is 33.4 Å². The summed E-state index contributed by atoms with van der Waals surface area (Å²) in [6, 6.07) is 10.8. The van der Waals surface area contributed by atoms with Gasteiger partial charge in [-0.3, -0.25) is 4.99 Å². The molecule has 1 saturated carbocycles. The van der Waals surface area contributed by atoms with E-state index < -0.39 is 0 Å². The largest absolute Gasteiger partial charge is 0.380 e. The number of nitrogens with zero attached hydrogens (tertiary/aromatic N) is 1. The number of nitrogens with one attached hydrogen (secondary N) is 2. The minimum absolute atomic E-state index is 0. The van der Waals surface area contributed by atoms with Crippen LogP contribution in [-0.2, 0) is 10.2 Å². The Morgan fingerprint density at radius 3 is 2.50 bits per heavy atom. The van der Waals surface area contributed by atoms with Crippen molar-refractivity contribution < 1.29 is 4.74 Å². The van der Waals surface area contributed by atoms with Gasteiger partial charge in [0.2, 0.25) is 0 Å². The van der Waals surface area contributed by atoms with Crippen LogP contribution in [0.4, 0.5) is 0 Å². The van der Waals surface area contributed by atoms with Gasteiger partial charge in [-0.1, -0.05) is 36.8 Å². The molecular weight excluding hydrogens is 389 g/mol. The van der Waals surface area contributed by atoms with E-state index in [9.17, 15) is 0 Å². The van der Waals surface area contributed by atoms with Gasteiger partial charge in [0.25, 0.3) is 0 Å². The normalized spacial score (nSPS) is 16.4. The van der Waals surface area contributed by atoms with E-state index in [0.29, 0.717) is 6.61 Å². The fourth-order valence-corrected chi connectivity index (χ4v) is 2.82. The number of benzene rings is 1. The minimum Gasteiger partial charge on any atom is -0.380 e. The third-order valence-electron chi connectivity index (χ3n) is 4.26. The Balaban J connectivity index is 0.00000242. The van der Waals surface area contributed by atoms with Crippen molar-refractivity contribution in [3.8, 4) is 0 Å². The van der Waals surface area contributed by atoms with Crippen LogP contribution >= 0.6 is 24.0 Å². The van der Waals surface area contributed by atoms with Gasteiger partial charge in [0.05, 0.1) is 6.61 Å². The average molecular weight is 417 g/mol. The van der Waals surface area contributed by atoms with Crippen LogP contribution in [0.5, 0.6) is 0 Å². The van der Waals surface area contributed by atoms with Crippen molar-refractivity contribution in [1.29, 1.82) is 0 Å². The molecule has 0 bridgehead atoms. The molecule has 0 atom stereocenters. The van der Waals surface area contributed by atoms with E-state index in [4.69, 9.17) is 4.74 Å². The molecule has 4 nitrogen and oxygen atoms in total. The topological polar surface area (TPSA) is 45.6 Å². The van der Waals surface area contributed by atoms with Crippen LogP contribution in [0.3, 0.4) is 0 Å². The molecule has 1 aliphatic carbocycles. The van der Waals surface area contributed by atoms with Crippen molar-refractivity contribution in [2.24, 2.45) is 4.99 Å². The van der Waals surface area contributed by atoms with Crippen LogP contribution < -0.4 is 10.6 Å². The quantitative estimate of drug-likeness (QED) is 0.311. The summed E-state index contributed by atoms with van der Waals surface area (Å²) in [5.74, 6) is 0.858. The molecule has 1 aromatic rings. The number of guanidine groups is 1. The second-order valence-corrected chi connectivity index (χ2v) is 5.55. The first-order valence-electron chi connectivity index (χ1n) is 7.88. The minimum atomic E-state index is 0. The first-order chi connectivity index (χ1) is 10.3. The Labute approximate surface area is 151 Å². The van der Waals surface area contributed by atoms with Gasteiger partial charge >= 0.3 is 0 Å². The molecule has 124 valence electrons. The summed E-state index contributed by atoms with van der Waals surface area (Å²) in [5, 5.41) is 6.76. The lowest BCUT2D eigenvalue weighted by molar-refractivity contribution is 0.152. The molecular formula is C17H28IN3O. The molecule has 1 aliphatic rings. The van der Waals surface area contributed by atoms with Gasteiger partial charge in [0.1, 0.15) is 0 Å². The maximum Gasteiger partial charge on any atom is 0.191 e. The zero-order valence-corrected chi connectivity index (χ0v) is 15.9. The van der Waals surface area contributed by atoms with Gasteiger partial charge in [0.15, 0.2) is 5.96 Å². The summed E-state index contributed by atoms with van der Waals surface area (Å²) in [4.78, 5) is 4.28. The Morgan fingerprint density at radius 1 is 1.23 bits per heavy atom. The Kier molecular flexibility index (Phi) is 8.78. The summed E-state index contributed by atoms with van der Waals surface area (Å²) in [6.45, 7) is 5.19. The zero-order valence-electron chi connectivity index (χ0n) is 13.6. The maximum absolute atomic E-state index is 5.33. The molecule has 0 aromatic heterocycles. The Bertz CT molecular complexity index is 446. The summed E-state index contributed by atoms with van der Waals surface area (Å²) in [7, 11) is 1.81. The van der Waals surface area contributed by atoms with E-state index >= 15 is 0 Å². The maximum atomic E-state index is 5.33. The van der Waals surface area contributed by atoms with Crippen molar-refractivity contribution in [2.45, 2.75) is 31.6 Å². The molecule has 0 unspecified atom stereocenters. The molecule has 2 rings (SSSR count). The second kappa shape index (κ2) is 10.0. The van der Waals surface area contributed by atoms with E-state index in [0.717, 1.165) is 25.7 Å². The van der Waals surface area contributed by atoms with Crippen LogP contribution in [0.25, 0.3) is 0 Å². The smallest absolute Gasteiger partial charge is 0.191 e. The number of rotatable bonds is 7. The Morgan fingerprint density at radius 2 is 1.95 bits per heavy atom. The average Bonchev–Trinajstić information content (AvgIpc) is 2.49. The molecule has 0 saturated heterocycles. The second-order valence-electron chi connectivity index (χ2n) is 5.55. The van der Waals surface area contributed by atoms with Gasteiger partial charge in [-0.25, -0.2) is 0 Å². The molecule has 0 amide bonds. The third-order valence-corrected chi connectivity index (χ3v) is 4.26. The van der Waals surface area contributed by atoms with E-state index in [-0.39, 0.29) is 29.4 Å². The third kappa shape index (κ3) is 5.12. The number of hydrogen-bond acceptors (Lipinski definition) is 2. The number of hydrogen-bond donors (Lipinski definition) is 2. The van der Waals surface area contributed by atoms with E-state index in [1.54, 1.807) is 0 Å². The number of ether oxygens (including phenoxy) is 1. The van der Waals surface area contributed by atoms with Crippen molar-refractivity contribution in [1.82, 2.24) is 10.6 Å². The molecule has 0 radical (unpaired) electrons. The zero-order chi connectivity index (χ0) is 15.0. The van der Waals surface area contributed by atoms with Gasteiger partial charge in [0, 0.05) is 32.2 Å². The lowest BCUT2D eigenvalue weighted by atomic mass is 9.64. The standard InChI is InChI=1S/C17H27N3O.HI/c1-3-21-13-12-19-16(18-2)20-14-17(10-7-11-17)15-8-5-4-6-9-15;/h4-6,8-9H,3,7,10-14H2,1-2H3,(H2,18,19,20);1H. The Hall–Kier alpha value is -0.820. The monoisotopic (exact) mass is 417 g/mol. The molecule has 5 heteroatoms. The highest BCUT2D eigenvalue weighted by molar-refractivity contribution is 14.0. The van der Waals surface area contributed by atoms with Crippen LogP contribution in [0.15, 0.2) is 35.3 Å². The molecule has 22 heavy (non-hydrogen) atoms. The highest BCUT2D eigenvalue weighted by atomic mass is 127. The first-order valence-corrected chi connectivity index (χ1v) is 7.88. The summed E-state index contributed by atoms with van der Waals surface area (Å²) >= 11 is 0. The molecule has 2 N–H and O–H groups in total. The molecule has 0 spiro atoms. The van der Waals surface area contributed by atoms with Crippen LogP contribution in [0.1, 0.15) is 31.7 Å². The SMILES string of the molecule is CCOCCNC(=NC)NCC1(c2ccccc2)CCC1.I. The van der Waals surface area contributed by atoms with E-state index in [1.807, 2.05) is 14.0 Å².